The molecule has 166 valence electrons. The Kier molecular flexibility index (Phi) is 8.29. The van der Waals surface area contributed by atoms with E-state index in [9.17, 15) is 4.79 Å². The van der Waals surface area contributed by atoms with Crippen molar-refractivity contribution in [3.05, 3.63) is 59.7 Å². The number of benzene rings is 2. The SMILES string of the molecule is CCc1cccc(CC)c1NC(=O)CON=C(N)CN1CCN(c2ccccc2)CC1. The molecular weight excluding hydrogens is 390 g/mol. The molecule has 0 aromatic heterocycles. The first-order valence-corrected chi connectivity index (χ1v) is 11.0. The van der Waals surface area contributed by atoms with E-state index >= 15 is 0 Å². The van der Waals surface area contributed by atoms with Crippen molar-refractivity contribution >= 4 is 23.1 Å². The summed E-state index contributed by atoms with van der Waals surface area (Å²) in [6, 6.07) is 16.5. The van der Waals surface area contributed by atoms with Crippen molar-refractivity contribution in [2.24, 2.45) is 10.9 Å². The Morgan fingerprint density at radius 1 is 1.00 bits per heavy atom. The number of amidine groups is 1. The van der Waals surface area contributed by atoms with E-state index in [1.165, 1.54) is 5.69 Å². The monoisotopic (exact) mass is 423 g/mol. The van der Waals surface area contributed by atoms with Crippen LogP contribution < -0.4 is 16.0 Å². The standard InChI is InChI=1S/C24H33N5O2/c1-3-19-9-8-10-20(4-2)24(19)26-23(30)18-31-27-22(25)17-28-13-15-29(16-14-28)21-11-6-5-7-12-21/h5-12H,3-4,13-18H2,1-2H3,(H2,25,27)(H,26,30). The van der Waals surface area contributed by atoms with Crippen molar-refractivity contribution in [3.8, 4) is 0 Å². The van der Waals surface area contributed by atoms with E-state index in [0.717, 1.165) is 55.8 Å². The Bertz CT molecular complexity index is 855. The molecule has 0 saturated carbocycles. The largest absolute Gasteiger partial charge is 0.384 e. The lowest BCUT2D eigenvalue weighted by molar-refractivity contribution is -0.120. The Labute approximate surface area is 184 Å². The van der Waals surface area contributed by atoms with Crippen LogP contribution >= 0.6 is 0 Å². The maximum Gasteiger partial charge on any atom is 0.265 e. The van der Waals surface area contributed by atoms with Gasteiger partial charge in [-0.15, -0.1) is 0 Å². The van der Waals surface area contributed by atoms with Crippen molar-refractivity contribution in [1.82, 2.24) is 4.90 Å². The van der Waals surface area contributed by atoms with Gasteiger partial charge in [0.1, 0.15) is 0 Å². The summed E-state index contributed by atoms with van der Waals surface area (Å²) >= 11 is 0. The summed E-state index contributed by atoms with van der Waals surface area (Å²) in [5.41, 5.74) is 10.4. The molecule has 3 N–H and O–H groups in total. The van der Waals surface area contributed by atoms with Crippen molar-refractivity contribution in [2.75, 3.05) is 49.5 Å². The normalized spacial score (nSPS) is 15.0. The van der Waals surface area contributed by atoms with E-state index in [-0.39, 0.29) is 12.5 Å². The third-order valence-corrected chi connectivity index (χ3v) is 5.52. The fourth-order valence-corrected chi connectivity index (χ4v) is 3.81. The first kappa shape index (κ1) is 22.6. The predicted molar refractivity (Wildman–Crippen MR) is 126 cm³/mol. The molecule has 31 heavy (non-hydrogen) atoms. The molecule has 7 nitrogen and oxygen atoms in total. The molecule has 1 aliphatic heterocycles. The average molecular weight is 424 g/mol. The Morgan fingerprint density at radius 3 is 2.26 bits per heavy atom. The quantitative estimate of drug-likeness (QED) is 0.368. The molecule has 1 aliphatic rings. The molecule has 0 bridgehead atoms. The second-order valence-corrected chi connectivity index (χ2v) is 7.66. The van der Waals surface area contributed by atoms with Crippen LogP contribution in [0, 0.1) is 0 Å². The molecule has 7 heteroatoms. The minimum absolute atomic E-state index is 0.163. The van der Waals surface area contributed by atoms with Crippen LogP contribution in [0.1, 0.15) is 25.0 Å². The topological polar surface area (TPSA) is 83.2 Å². The van der Waals surface area contributed by atoms with Gasteiger partial charge >= 0.3 is 0 Å². The number of nitrogens with one attached hydrogen (secondary N) is 1. The highest BCUT2D eigenvalue weighted by Gasteiger charge is 2.18. The van der Waals surface area contributed by atoms with Gasteiger partial charge in [-0.2, -0.15) is 0 Å². The first-order valence-electron chi connectivity index (χ1n) is 11.0. The second-order valence-electron chi connectivity index (χ2n) is 7.66. The maximum absolute atomic E-state index is 12.3. The van der Waals surface area contributed by atoms with Crippen LogP contribution in [0.25, 0.3) is 0 Å². The number of hydrogen-bond donors (Lipinski definition) is 2. The van der Waals surface area contributed by atoms with Gasteiger partial charge in [-0.3, -0.25) is 9.69 Å². The zero-order chi connectivity index (χ0) is 22.1. The van der Waals surface area contributed by atoms with Gasteiger partial charge in [0, 0.05) is 37.6 Å². The van der Waals surface area contributed by atoms with Crippen molar-refractivity contribution < 1.29 is 9.63 Å². The molecule has 1 amide bonds. The highest BCUT2D eigenvalue weighted by atomic mass is 16.6. The summed E-state index contributed by atoms with van der Waals surface area (Å²) in [6.07, 6.45) is 1.71. The number of oxime groups is 1. The maximum atomic E-state index is 12.3. The summed E-state index contributed by atoms with van der Waals surface area (Å²) in [5.74, 6) is 0.146. The van der Waals surface area contributed by atoms with E-state index in [1.54, 1.807) is 0 Å². The summed E-state index contributed by atoms with van der Waals surface area (Å²) in [5, 5.41) is 6.91. The number of anilines is 2. The number of para-hydroxylation sites is 2. The van der Waals surface area contributed by atoms with Crippen molar-refractivity contribution in [3.63, 3.8) is 0 Å². The Balaban J connectivity index is 1.43. The molecule has 3 rings (SSSR count). The number of hydrogen-bond acceptors (Lipinski definition) is 5. The van der Waals surface area contributed by atoms with E-state index in [0.29, 0.717) is 12.4 Å². The number of nitrogens with two attached hydrogens (primary N) is 1. The number of aryl methyl sites for hydroxylation is 2. The van der Waals surface area contributed by atoms with Gasteiger partial charge in [0.2, 0.25) is 0 Å². The highest BCUT2D eigenvalue weighted by Crippen LogP contribution is 2.22. The molecule has 2 aromatic rings. The number of carbonyl (C=O) groups excluding carboxylic acids is 1. The number of rotatable bonds is 9. The molecular formula is C24H33N5O2. The molecule has 2 aromatic carbocycles. The fourth-order valence-electron chi connectivity index (χ4n) is 3.81. The second kappa shape index (κ2) is 11.4. The lowest BCUT2D eigenvalue weighted by atomic mass is 10.0. The van der Waals surface area contributed by atoms with Crippen LogP contribution in [0.2, 0.25) is 0 Å². The van der Waals surface area contributed by atoms with Crippen LogP contribution in [-0.4, -0.2) is 56.0 Å². The van der Waals surface area contributed by atoms with Crippen LogP contribution in [0.5, 0.6) is 0 Å². The highest BCUT2D eigenvalue weighted by molar-refractivity contribution is 5.93. The lowest BCUT2D eigenvalue weighted by Gasteiger charge is -2.35. The van der Waals surface area contributed by atoms with Gasteiger partial charge in [-0.05, 0) is 36.1 Å². The number of piperazine rings is 1. The lowest BCUT2D eigenvalue weighted by Crippen LogP contribution is -2.49. The smallest absolute Gasteiger partial charge is 0.265 e. The Hall–Kier alpha value is -3.06. The average Bonchev–Trinajstić information content (AvgIpc) is 2.80. The van der Waals surface area contributed by atoms with Crippen LogP contribution in [0.3, 0.4) is 0 Å². The number of nitrogens with zero attached hydrogens (tertiary/aromatic N) is 3. The minimum atomic E-state index is -0.233. The van der Waals surface area contributed by atoms with Gasteiger partial charge in [-0.25, -0.2) is 0 Å². The van der Waals surface area contributed by atoms with Crippen molar-refractivity contribution in [2.45, 2.75) is 26.7 Å². The summed E-state index contributed by atoms with van der Waals surface area (Å²) in [6.45, 7) is 8.20. The molecule has 1 saturated heterocycles. The van der Waals surface area contributed by atoms with E-state index in [1.807, 2.05) is 24.3 Å². The van der Waals surface area contributed by atoms with Crippen LogP contribution in [0.4, 0.5) is 11.4 Å². The first-order chi connectivity index (χ1) is 15.1. The van der Waals surface area contributed by atoms with Gasteiger partial charge < -0.3 is 20.8 Å². The summed E-state index contributed by atoms with van der Waals surface area (Å²) in [4.78, 5) is 22.2. The van der Waals surface area contributed by atoms with E-state index in [2.05, 4.69) is 58.4 Å². The van der Waals surface area contributed by atoms with Gasteiger partial charge in [0.15, 0.2) is 12.4 Å². The van der Waals surface area contributed by atoms with Gasteiger partial charge in [0.05, 0.1) is 6.54 Å². The predicted octanol–water partition coefficient (Wildman–Crippen LogP) is 2.86. The number of carbonyl (C=O) groups is 1. The van der Waals surface area contributed by atoms with E-state index in [4.69, 9.17) is 10.6 Å². The molecule has 1 fully saturated rings. The van der Waals surface area contributed by atoms with Gasteiger partial charge in [-0.1, -0.05) is 55.4 Å². The van der Waals surface area contributed by atoms with Crippen LogP contribution in [0.15, 0.2) is 53.7 Å². The third-order valence-electron chi connectivity index (χ3n) is 5.52. The fraction of sp³-hybridized carbons (Fsp3) is 0.417. The summed E-state index contributed by atoms with van der Waals surface area (Å²) < 4.78 is 0. The van der Waals surface area contributed by atoms with Crippen molar-refractivity contribution in [1.29, 1.82) is 0 Å². The number of amides is 1. The minimum Gasteiger partial charge on any atom is -0.384 e. The molecule has 1 heterocycles. The Morgan fingerprint density at radius 2 is 1.65 bits per heavy atom. The zero-order valence-electron chi connectivity index (χ0n) is 18.5. The molecule has 0 radical (unpaired) electrons. The molecule has 0 aliphatic carbocycles. The van der Waals surface area contributed by atoms with Gasteiger partial charge in [0.25, 0.3) is 5.91 Å². The van der Waals surface area contributed by atoms with Crippen LogP contribution in [-0.2, 0) is 22.5 Å². The zero-order valence-corrected chi connectivity index (χ0v) is 18.5. The molecule has 0 spiro atoms. The van der Waals surface area contributed by atoms with E-state index < -0.39 is 0 Å². The molecule has 0 atom stereocenters. The molecule has 0 unspecified atom stereocenters. The summed E-state index contributed by atoms with van der Waals surface area (Å²) in [7, 11) is 0. The third kappa shape index (κ3) is 6.46.